The van der Waals surface area contributed by atoms with Gasteiger partial charge in [0.15, 0.2) is 0 Å². The van der Waals surface area contributed by atoms with Crippen LogP contribution in [0.3, 0.4) is 0 Å². The van der Waals surface area contributed by atoms with Crippen LogP contribution < -0.4 is 0 Å². The monoisotopic (exact) mass is 216 g/mol. The molecule has 16 heavy (non-hydrogen) atoms. The minimum Gasteiger partial charge on any atom is -0.463 e. The third-order valence-electron chi connectivity index (χ3n) is 2.92. The minimum absolute atomic E-state index is 0.0561. The van der Waals surface area contributed by atoms with Crippen molar-refractivity contribution in [1.82, 2.24) is 0 Å². The largest absolute Gasteiger partial charge is 0.463 e. The third-order valence-corrected chi connectivity index (χ3v) is 2.92. The first-order valence-corrected chi connectivity index (χ1v) is 5.44. The number of esters is 1. The third kappa shape index (κ3) is 1.36. The number of carbonyl (C=O) groups excluding carboxylic acids is 1. The number of hydrogen-bond donors (Lipinski definition) is 0. The van der Waals surface area contributed by atoms with Crippen molar-refractivity contribution in [1.29, 1.82) is 0 Å². The van der Waals surface area contributed by atoms with Crippen LogP contribution in [0.1, 0.15) is 24.2 Å². The molecule has 0 radical (unpaired) electrons. The average molecular weight is 216 g/mol. The molecule has 1 fully saturated rings. The van der Waals surface area contributed by atoms with E-state index >= 15 is 0 Å². The van der Waals surface area contributed by atoms with Crippen molar-refractivity contribution in [2.24, 2.45) is 0 Å². The highest BCUT2D eigenvalue weighted by Crippen LogP contribution is 2.48. The smallest absolute Gasteiger partial charge is 0.336 e. The first-order valence-electron chi connectivity index (χ1n) is 5.44. The summed E-state index contributed by atoms with van der Waals surface area (Å²) in [5, 5.41) is 0. The first-order chi connectivity index (χ1) is 7.81. The van der Waals surface area contributed by atoms with Crippen LogP contribution in [0.2, 0.25) is 0 Å². The zero-order valence-electron chi connectivity index (χ0n) is 8.97. The summed E-state index contributed by atoms with van der Waals surface area (Å²) in [7, 11) is 0. The van der Waals surface area contributed by atoms with Gasteiger partial charge >= 0.3 is 5.97 Å². The number of epoxide rings is 1. The Morgan fingerprint density at radius 3 is 3.00 bits per heavy atom. The van der Waals surface area contributed by atoms with Gasteiger partial charge in [-0.3, -0.25) is 0 Å². The summed E-state index contributed by atoms with van der Waals surface area (Å²) in [6.45, 7) is 2.20. The van der Waals surface area contributed by atoms with Crippen molar-refractivity contribution < 1.29 is 14.3 Å². The predicted octanol–water partition coefficient (Wildman–Crippen LogP) is 2.09. The molecule has 3 rings (SSSR count). The Labute approximate surface area is 93.7 Å². The van der Waals surface area contributed by atoms with E-state index in [9.17, 15) is 4.79 Å². The number of ether oxygens (including phenoxy) is 2. The summed E-state index contributed by atoms with van der Waals surface area (Å²) >= 11 is 0. The maximum absolute atomic E-state index is 11.7. The van der Waals surface area contributed by atoms with Gasteiger partial charge in [-0.25, -0.2) is 4.79 Å². The van der Waals surface area contributed by atoms with Crippen molar-refractivity contribution in [3.8, 4) is 0 Å². The summed E-state index contributed by atoms with van der Waals surface area (Å²) in [5.74, 6) is -0.260. The molecule has 1 saturated heterocycles. The lowest BCUT2D eigenvalue weighted by Crippen LogP contribution is -2.14. The maximum atomic E-state index is 11.7. The van der Waals surface area contributed by atoms with Gasteiger partial charge in [0.05, 0.1) is 12.2 Å². The van der Waals surface area contributed by atoms with E-state index in [0.29, 0.717) is 12.2 Å². The van der Waals surface area contributed by atoms with Gasteiger partial charge in [-0.2, -0.15) is 0 Å². The zero-order chi connectivity index (χ0) is 11.1. The Hall–Kier alpha value is -1.61. The van der Waals surface area contributed by atoms with Gasteiger partial charge in [0, 0.05) is 0 Å². The fourth-order valence-corrected chi connectivity index (χ4v) is 2.13. The van der Waals surface area contributed by atoms with Gasteiger partial charge < -0.3 is 9.47 Å². The molecule has 0 saturated carbocycles. The molecule has 2 unspecified atom stereocenters. The topological polar surface area (TPSA) is 38.8 Å². The molecule has 2 atom stereocenters. The highest BCUT2D eigenvalue weighted by atomic mass is 16.6. The first kappa shape index (κ1) is 9.60. The number of carbonyl (C=O) groups is 1. The summed E-state index contributed by atoms with van der Waals surface area (Å²) in [4.78, 5) is 11.7. The maximum Gasteiger partial charge on any atom is 0.336 e. The zero-order valence-corrected chi connectivity index (χ0v) is 8.97. The molecule has 82 valence electrons. The highest BCUT2D eigenvalue weighted by Gasteiger charge is 2.49. The molecule has 0 N–H and O–H groups in total. The van der Waals surface area contributed by atoms with Crippen LogP contribution >= 0.6 is 0 Å². The second-order valence-corrected chi connectivity index (χ2v) is 3.93. The molecule has 1 aliphatic carbocycles. The van der Waals surface area contributed by atoms with E-state index in [1.807, 2.05) is 30.3 Å². The van der Waals surface area contributed by atoms with Crippen LogP contribution in [-0.4, -0.2) is 18.7 Å². The quantitative estimate of drug-likeness (QED) is 0.561. The SMILES string of the molecule is CCOC(=O)C1=Cc2ccccc2C2OC12. The molecule has 0 spiro atoms. The van der Waals surface area contributed by atoms with Crippen molar-refractivity contribution in [2.75, 3.05) is 6.61 Å². The van der Waals surface area contributed by atoms with E-state index in [-0.39, 0.29) is 18.2 Å². The molecular formula is C13H12O3. The Morgan fingerprint density at radius 2 is 2.19 bits per heavy atom. The summed E-state index contributed by atoms with van der Waals surface area (Å²) < 4.78 is 10.5. The fourth-order valence-electron chi connectivity index (χ4n) is 2.13. The van der Waals surface area contributed by atoms with Crippen molar-refractivity contribution in [2.45, 2.75) is 19.1 Å². The Bertz CT molecular complexity index is 476. The van der Waals surface area contributed by atoms with E-state index in [4.69, 9.17) is 9.47 Å². The van der Waals surface area contributed by atoms with Gasteiger partial charge in [-0.05, 0) is 24.1 Å². The van der Waals surface area contributed by atoms with Gasteiger partial charge in [0.25, 0.3) is 0 Å². The molecule has 0 amide bonds. The normalized spacial score (nSPS) is 25.2. The molecule has 2 aliphatic rings. The second kappa shape index (κ2) is 3.46. The molecule has 0 aromatic heterocycles. The van der Waals surface area contributed by atoms with Gasteiger partial charge in [0.2, 0.25) is 0 Å². The summed E-state index contributed by atoms with van der Waals surface area (Å²) in [6.07, 6.45) is 1.84. The Balaban J connectivity index is 1.98. The van der Waals surface area contributed by atoms with Crippen LogP contribution in [0.25, 0.3) is 6.08 Å². The molecule has 1 aromatic rings. The molecule has 1 aromatic carbocycles. The van der Waals surface area contributed by atoms with E-state index in [2.05, 4.69) is 0 Å². The Kier molecular flexibility index (Phi) is 2.07. The molecule has 3 heteroatoms. The molecule has 1 heterocycles. The molecule has 3 nitrogen and oxygen atoms in total. The number of rotatable bonds is 2. The molecular weight excluding hydrogens is 204 g/mol. The summed E-state index contributed by atoms with van der Waals surface area (Å²) in [5.41, 5.74) is 2.87. The van der Waals surface area contributed by atoms with Gasteiger partial charge in [0.1, 0.15) is 12.2 Å². The minimum atomic E-state index is -0.260. The number of benzene rings is 1. The Morgan fingerprint density at radius 1 is 1.38 bits per heavy atom. The standard InChI is InChI=1S/C13H12O3/c1-2-15-13(14)10-7-8-5-3-4-6-9(8)11-12(10)16-11/h3-7,11-12H,2H2,1H3. The van der Waals surface area contributed by atoms with E-state index in [1.165, 1.54) is 5.56 Å². The van der Waals surface area contributed by atoms with Crippen LogP contribution in [0.4, 0.5) is 0 Å². The van der Waals surface area contributed by atoms with Gasteiger partial charge in [-0.1, -0.05) is 24.3 Å². The predicted molar refractivity (Wildman–Crippen MR) is 58.7 cm³/mol. The number of hydrogen-bond acceptors (Lipinski definition) is 3. The summed E-state index contributed by atoms with van der Waals surface area (Å²) in [6, 6.07) is 7.98. The highest BCUT2D eigenvalue weighted by molar-refractivity contribution is 5.97. The fraction of sp³-hybridized carbons (Fsp3) is 0.308. The number of fused-ring (bicyclic) bond motifs is 3. The van der Waals surface area contributed by atoms with Crippen LogP contribution in [0.15, 0.2) is 29.8 Å². The van der Waals surface area contributed by atoms with E-state index in [1.54, 1.807) is 6.92 Å². The molecule has 1 aliphatic heterocycles. The lowest BCUT2D eigenvalue weighted by molar-refractivity contribution is -0.138. The van der Waals surface area contributed by atoms with Crippen molar-refractivity contribution in [3.63, 3.8) is 0 Å². The average Bonchev–Trinajstić information content (AvgIpc) is 3.08. The van der Waals surface area contributed by atoms with Crippen LogP contribution in [-0.2, 0) is 14.3 Å². The van der Waals surface area contributed by atoms with Gasteiger partial charge in [-0.15, -0.1) is 0 Å². The van der Waals surface area contributed by atoms with Crippen LogP contribution in [0.5, 0.6) is 0 Å². The van der Waals surface area contributed by atoms with Crippen LogP contribution in [0, 0.1) is 0 Å². The van der Waals surface area contributed by atoms with Crippen molar-refractivity contribution in [3.05, 3.63) is 41.0 Å². The van der Waals surface area contributed by atoms with E-state index in [0.717, 1.165) is 5.56 Å². The lowest BCUT2D eigenvalue weighted by Gasteiger charge is -2.11. The molecule has 0 bridgehead atoms. The van der Waals surface area contributed by atoms with Crippen molar-refractivity contribution >= 4 is 12.0 Å². The van der Waals surface area contributed by atoms with E-state index < -0.39 is 0 Å². The second-order valence-electron chi connectivity index (χ2n) is 3.93. The lowest BCUT2D eigenvalue weighted by atomic mass is 9.92.